The summed E-state index contributed by atoms with van der Waals surface area (Å²) in [6, 6.07) is 5.54. The maximum Gasteiger partial charge on any atom is 0.309 e. The highest BCUT2D eigenvalue weighted by Crippen LogP contribution is 2.37. The van der Waals surface area contributed by atoms with Gasteiger partial charge < -0.3 is 15.3 Å². The first-order chi connectivity index (χ1) is 12.6. The molecule has 0 spiro atoms. The van der Waals surface area contributed by atoms with E-state index in [0.717, 1.165) is 18.5 Å². The second-order valence-corrected chi connectivity index (χ2v) is 9.48. The minimum atomic E-state index is -0.856. The summed E-state index contributed by atoms with van der Waals surface area (Å²) >= 11 is 0. The van der Waals surface area contributed by atoms with E-state index in [1.165, 1.54) is 0 Å². The fourth-order valence-electron chi connectivity index (χ4n) is 5.21. The summed E-state index contributed by atoms with van der Waals surface area (Å²) in [7, 11) is 0. The molecule has 27 heavy (non-hydrogen) atoms. The SMILES string of the molecule is CC1(C)CC(CC(=O)N2C[C@H](C(=O)O)[C@@H](c3ccccn3)C2)CC(C)(C)N1. The van der Waals surface area contributed by atoms with Crippen LogP contribution >= 0.6 is 0 Å². The molecule has 3 heterocycles. The first-order valence-corrected chi connectivity index (χ1v) is 9.77. The lowest BCUT2D eigenvalue weighted by molar-refractivity contribution is -0.142. The van der Waals surface area contributed by atoms with Gasteiger partial charge in [0.25, 0.3) is 0 Å². The number of pyridine rings is 1. The Morgan fingerprint density at radius 1 is 1.19 bits per heavy atom. The largest absolute Gasteiger partial charge is 0.481 e. The van der Waals surface area contributed by atoms with E-state index in [2.05, 4.69) is 38.0 Å². The number of carboxylic acid groups (broad SMARTS) is 1. The lowest BCUT2D eigenvalue weighted by atomic mass is 9.74. The van der Waals surface area contributed by atoms with Crippen molar-refractivity contribution in [3.8, 4) is 0 Å². The number of carbonyl (C=O) groups is 2. The molecule has 3 rings (SSSR count). The third-order valence-electron chi connectivity index (χ3n) is 5.80. The molecule has 0 aromatic carbocycles. The van der Waals surface area contributed by atoms with Crippen molar-refractivity contribution in [2.24, 2.45) is 11.8 Å². The summed E-state index contributed by atoms with van der Waals surface area (Å²) in [5.74, 6) is -1.32. The van der Waals surface area contributed by atoms with E-state index >= 15 is 0 Å². The second kappa shape index (κ2) is 7.23. The average molecular weight is 373 g/mol. The maximum absolute atomic E-state index is 13.0. The van der Waals surface area contributed by atoms with Gasteiger partial charge >= 0.3 is 5.97 Å². The standard InChI is InChI=1S/C21H31N3O3/c1-20(2)10-14(11-21(3,4)23-20)9-18(25)24-12-15(16(13-24)19(26)27)17-7-5-6-8-22-17/h5-8,14-16,23H,9-13H2,1-4H3,(H,26,27)/t15-,16-/m0/s1. The van der Waals surface area contributed by atoms with Crippen LogP contribution in [0.25, 0.3) is 0 Å². The van der Waals surface area contributed by atoms with Crippen molar-refractivity contribution < 1.29 is 14.7 Å². The highest BCUT2D eigenvalue weighted by atomic mass is 16.4. The zero-order chi connectivity index (χ0) is 19.8. The van der Waals surface area contributed by atoms with E-state index in [4.69, 9.17) is 0 Å². The van der Waals surface area contributed by atoms with Gasteiger partial charge in [-0.15, -0.1) is 0 Å². The predicted octanol–water partition coefficient (Wildman–Crippen LogP) is 2.66. The van der Waals surface area contributed by atoms with Crippen LogP contribution in [0, 0.1) is 11.8 Å². The van der Waals surface area contributed by atoms with Gasteiger partial charge in [0, 0.05) is 48.4 Å². The van der Waals surface area contributed by atoms with Crippen molar-refractivity contribution >= 4 is 11.9 Å². The fourth-order valence-corrected chi connectivity index (χ4v) is 5.21. The number of aromatic nitrogens is 1. The number of rotatable bonds is 4. The van der Waals surface area contributed by atoms with Gasteiger partial charge in [0.1, 0.15) is 0 Å². The summed E-state index contributed by atoms with van der Waals surface area (Å²) in [6.07, 6.45) is 4.05. The number of hydrogen-bond donors (Lipinski definition) is 2. The maximum atomic E-state index is 13.0. The smallest absolute Gasteiger partial charge is 0.309 e. The van der Waals surface area contributed by atoms with Gasteiger partial charge in [0.05, 0.1) is 5.92 Å². The van der Waals surface area contributed by atoms with Crippen LogP contribution in [0.5, 0.6) is 0 Å². The lowest BCUT2D eigenvalue weighted by Crippen LogP contribution is -2.58. The summed E-state index contributed by atoms with van der Waals surface area (Å²) < 4.78 is 0. The zero-order valence-corrected chi connectivity index (χ0v) is 16.7. The van der Waals surface area contributed by atoms with Gasteiger partial charge in [0.2, 0.25) is 5.91 Å². The van der Waals surface area contributed by atoms with Crippen molar-refractivity contribution in [3.05, 3.63) is 30.1 Å². The Bertz CT molecular complexity index is 686. The van der Waals surface area contributed by atoms with Crippen LogP contribution in [-0.4, -0.2) is 51.0 Å². The molecule has 2 aliphatic rings. The minimum Gasteiger partial charge on any atom is -0.481 e. The molecule has 2 N–H and O–H groups in total. The number of nitrogens with zero attached hydrogens (tertiary/aromatic N) is 2. The molecule has 2 atom stereocenters. The Hall–Kier alpha value is -1.95. The normalized spacial score (nSPS) is 27.5. The minimum absolute atomic E-state index is 0.00218. The van der Waals surface area contributed by atoms with Gasteiger partial charge in [-0.05, 0) is 58.6 Å². The van der Waals surface area contributed by atoms with Crippen LogP contribution in [-0.2, 0) is 9.59 Å². The molecule has 1 amide bonds. The highest BCUT2D eigenvalue weighted by molar-refractivity contribution is 5.79. The van der Waals surface area contributed by atoms with E-state index in [1.807, 2.05) is 18.2 Å². The molecular formula is C21H31N3O3. The lowest BCUT2D eigenvalue weighted by Gasteiger charge is -2.46. The molecule has 2 saturated heterocycles. The molecule has 0 saturated carbocycles. The predicted molar refractivity (Wildman–Crippen MR) is 103 cm³/mol. The molecule has 6 heteroatoms. The number of likely N-dealkylation sites (tertiary alicyclic amines) is 1. The molecule has 2 aliphatic heterocycles. The van der Waals surface area contributed by atoms with E-state index in [-0.39, 0.29) is 29.4 Å². The molecule has 0 unspecified atom stereocenters. The Morgan fingerprint density at radius 2 is 1.85 bits per heavy atom. The van der Waals surface area contributed by atoms with Crippen LogP contribution in [0.1, 0.15) is 58.6 Å². The molecule has 0 aliphatic carbocycles. The molecule has 0 radical (unpaired) electrons. The average Bonchev–Trinajstić information content (AvgIpc) is 2.98. The Balaban J connectivity index is 1.69. The zero-order valence-electron chi connectivity index (χ0n) is 16.7. The third kappa shape index (κ3) is 4.67. The fraction of sp³-hybridized carbons (Fsp3) is 0.667. The van der Waals surface area contributed by atoms with E-state index < -0.39 is 11.9 Å². The molecular weight excluding hydrogens is 342 g/mol. The summed E-state index contributed by atoms with van der Waals surface area (Å²) in [5, 5.41) is 13.3. The first kappa shape index (κ1) is 19.8. The number of amides is 1. The quantitative estimate of drug-likeness (QED) is 0.848. The van der Waals surface area contributed by atoms with Gasteiger partial charge in [-0.25, -0.2) is 0 Å². The van der Waals surface area contributed by atoms with Crippen LogP contribution < -0.4 is 5.32 Å². The van der Waals surface area contributed by atoms with E-state index in [1.54, 1.807) is 11.1 Å². The molecule has 1 aromatic heterocycles. The van der Waals surface area contributed by atoms with Gasteiger partial charge in [-0.3, -0.25) is 14.6 Å². The summed E-state index contributed by atoms with van der Waals surface area (Å²) in [6.45, 7) is 9.42. The number of aliphatic carboxylic acids is 1. The van der Waals surface area contributed by atoms with Crippen molar-refractivity contribution in [2.75, 3.05) is 13.1 Å². The molecule has 0 bridgehead atoms. The number of hydrogen-bond acceptors (Lipinski definition) is 4. The van der Waals surface area contributed by atoms with Crippen molar-refractivity contribution in [2.45, 2.75) is 64.0 Å². The van der Waals surface area contributed by atoms with Crippen molar-refractivity contribution in [3.63, 3.8) is 0 Å². The van der Waals surface area contributed by atoms with Gasteiger partial charge in [0.15, 0.2) is 0 Å². The van der Waals surface area contributed by atoms with Crippen molar-refractivity contribution in [1.29, 1.82) is 0 Å². The number of nitrogens with one attached hydrogen (secondary N) is 1. The molecule has 2 fully saturated rings. The molecule has 1 aromatic rings. The Labute approximate surface area is 161 Å². The van der Waals surface area contributed by atoms with Gasteiger partial charge in [-0.2, -0.15) is 0 Å². The van der Waals surface area contributed by atoms with E-state index in [9.17, 15) is 14.7 Å². The third-order valence-corrected chi connectivity index (χ3v) is 5.80. The Kier molecular flexibility index (Phi) is 5.30. The highest BCUT2D eigenvalue weighted by Gasteiger charge is 2.43. The molecule has 148 valence electrons. The van der Waals surface area contributed by atoms with Crippen LogP contribution in [0.3, 0.4) is 0 Å². The van der Waals surface area contributed by atoms with Crippen LogP contribution in [0.4, 0.5) is 0 Å². The van der Waals surface area contributed by atoms with E-state index in [0.29, 0.717) is 18.9 Å². The Morgan fingerprint density at radius 3 is 2.41 bits per heavy atom. The summed E-state index contributed by atoms with van der Waals surface area (Å²) in [4.78, 5) is 30.8. The molecule has 6 nitrogen and oxygen atoms in total. The number of piperidine rings is 1. The first-order valence-electron chi connectivity index (χ1n) is 9.77. The topological polar surface area (TPSA) is 82.5 Å². The number of carboxylic acids is 1. The van der Waals surface area contributed by atoms with Crippen molar-refractivity contribution in [1.82, 2.24) is 15.2 Å². The monoisotopic (exact) mass is 373 g/mol. The summed E-state index contributed by atoms with van der Waals surface area (Å²) in [5.41, 5.74) is 0.750. The van der Waals surface area contributed by atoms with Gasteiger partial charge in [-0.1, -0.05) is 6.07 Å². The number of carbonyl (C=O) groups excluding carboxylic acids is 1. The van der Waals surface area contributed by atoms with Crippen LogP contribution in [0.2, 0.25) is 0 Å². The van der Waals surface area contributed by atoms with Crippen LogP contribution in [0.15, 0.2) is 24.4 Å². The second-order valence-electron chi connectivity index (χ2n) is 9.48.